The average molecular weight is 309 g/mol. The summed E-state index contributed by atoms with van der Waals surface area (Å²) in [5.74, 6) is -1.31. The van der Waals surface area contributed by atoms with Crippen LogP contribution in [0.2, 0.25) is 0 Å². The largest absolute Gasteiger partial charge is 0.427 e. The van der Waals surface area contributed by atoms with E-state index >= 15 is 0 Å². The number of halogens is 1. The maximum atomic E-state index is 13.7. The molecule has 110 valence electrons. The Morgan fingerprint density at radius 3 is 2.43 bits per heavy atom. The van der Waals surface area contributed by atoms with E-state index in [0.29, 0.717) is 0 Å². The number of carbonyl (C=O) groups is 1. The maximum absolute atomic E-state index is 13.7. The van der Waals surface area contributed by atoms with E-state index in [1.165, 1.54) is 25.1 Å². The number of ether oxygens (including phenoxy) is 1. The Kier molecular flexibility index (Phi) is 4.23. The van der Waals surface area contributed by atoms with Crippen molar-refractivity contribution in [3.8, 4) is 5.75 Å². The number of nitrogens with one attached hydrogen (secondary N) is 1. The number of esters is 1. The average Bonchev–Trinajstić information content (AvgIpc) is 2.43. The summed E-state index contributed by atoms with van der Waals surface area (Å²) in [5, 5.41) is 0. The topological polar surface area (TPSA) is 72.5 Å². The van der Waals surface area contributed by atoms with Crippen LogP contribution in [-0.2, 0) is 14.8 Å². The van der Waals surface area contributed by atoms with Crippen LogP contribution < -0.4 is 9.46 Å². The van der Waals surface area contributed by atoms with Gasteiger partial charge in [-0.15, -0.1) is 0 Å². The molecular formula is C14H12FNO4S. The molecule has 0 bridgehead atoms. The van der Waals surface area contributed by atoms with Crippen molar-refractivity contribution < 1.29 is 22.3 Å². The van der Waals surface area contributed by atoms with E-state index in [0.717, 1.165) is 12.1 Å². The van der Waals surface area contributed by atoms with E-state index in [9.17, 15) is 17.6 Å². The van der Waals surface area contributed by atoms with Crippen LogP contribution in [0.3, 0.4) is 0 Å². The van der Waals surface area contributed by atoms with Crippen LogP contribution in [0.25, 0.3) is 0 Å². The van der Waals surface area contributed by atoms with Crippen LogP contribution >= 0.6 is 0 Å². The molecule has 21 heavy (non-hydrogen) atoms. The molecule has 0 aliphatic heterocycles. The number of benzene rings is 2. The van der Waals surface area contributed by atoms with Crippen molar-refractivity contribution in [2.75, 3.05) is 4.72 Å². The Balaban J connectivity index is 2.33. The van der Waals surface area contributed by atoms with Gasteiger partial charge in [0.1, 0.15) is 11.6 Å². The maximum Gasteiger partial charge on any atom is 0.308 e. The van der Waals surface area contributed by atoms with E-state index in [-0.39, 0.29) is 16.3 Å². The molecule has 0 atom stereocenters. The lowest BCUT2D eigenvalue weighted by atomic mass is 10.3. The van der Waals surface area contributed by atoms with Gasteiger partial charge in [0, 0.05) is 13.0 Å². The van der Waals surface area contributed by atoms with Gasteiger partial charge < -0.3 is 4.74 Å². The lowest BCUT2D eigenvalue weighted by molar-refractivity contribution is -0.131. The van der Waals surface area contributed by atoms with Crippen LogP contribution in [0.1, 0.15) is 6.92 Å². The Labute approximate surface area is 121 Å². The Hall–Kier alpha value is -2.41. The molecule has 2 aromatic carbocycles. The fourth-order valence-corrected chi connectivity index (χ4v) is 2.69. The SMILES string of the molecule is CC(=O)Oc1ccc(F)c(NS(=O)(=O)c2ccccc2)c1. The summed E-state index contributed by atoms with van der Waals surface area (Å²) in [7, 11) is -3.91. The molecule has 0 amide bonds. The molecule has 0 aliphatic rings. The van der Waals surface area contributed by atoms with Gasteiger partial charge in [-0.1, -0.05) is 18.2 Å². The molecule has 0 aliphatic carbocycles. The lowest BCUT2D eigenvalue weighted by Gasteiger charge is -2.10. The summed E-state index contributed by atoms with van der Waals surface area (Å²) in [4.78, 5) is 10.9. The highest BCUT2D eigenvalue weighted by Crippen LogP contribution is 2.24. The van der Waals surface area contributed by atoms with Gasteiger partial charge >= 0.3 is 5.97 Å². The third-order valence-electron chi connectivity index (χ3n) is 2.50. The second-order valence-electron chi connectivity index (χ2n) is 4.15. The zero-order valence-corrected chi connectivity index (χ0v) is 11.9. The molecule has 0 heterocycles. The van der Waals surface area contributed by atoms with E-state index in [1.807, 2.05) is 0 Å². The summed E-state index contributed by atoms with van der Waals surface area (Å²) < 4.78 is 44.8. The molecule has 0 saturated heterocycles. The quantitative estimate of drug-likeness (QED) is 0.696. The van der Waals surface area contributed by atoms with Gasteiger partial charge in [-0.2, -0.15) is 0 Å². The van der Waals surface area contributed by atoms with Crippen LogP contribution in [0.5, 0.6) is 5.75 Å². The molecule has 0 fully saturated rings. The first kappa shape index (κ1) is 15.0. The minimum Gasteiger partial charge on any atom is -0.427 e. The van der Waals surface area contributed by atoms with Crippen LogP contribution in [0.15, 0.2) is 53.4 Å². The van der Waals surface area contributed by atoms with Gasteiger partial charge in [-0.05, 0) is 24.3 Å². The molecule has 0 aromatic heterocycles. The van der Waals surface area contributed by atoms with Crippen molar-refractivity contribution in [2.45, 2.75) is 11.8 Å². The molecule has 1 N–H and O–H groups in total. The molecule has 0 radical (unpaired) electrons. The Bertz CT molecular complexity index is 760. The standard InChI is InChI=1S/C14H12FNO4S/c1-10(17)20-11-7-8-13(15)14(9-11)16-21(18,19)12-5-3-2-4-6-12/h2-9,16H,1H3. The van der Waals surface area contributed by atoms with Gasteiger partial charge in [0.05, 0.1) is 10.6 Å². The predicted octanol–water partition coefficient (Wildman–Crippen LogP) is 2.55. The molecule has 0 spiro atoms. The zero-order valence-electron chi connectivity index (χ0n) is 11.0. The van der Waals surface area contributed by atoms with E-state index in [4.69, 9.17) is 4.74 Å². The smallest absolute Gasteiger partial charge is 0.308 e. The predicted molar refractivity (Wildman–Crippen MR) is 75.0 cm³/mol. The molecule has 2 aromatic rings. The number of anilines is 1. The summed E-state index contributed by atoms with van der Waals surface area (Å²) >= 11 is 0. The molecule has 5 nitrogen and oxygen atoms in total. The summed E-state index contributed by atoms with van der Waals surface area (Å²) in [6, 6.07) is 10.9. The highest BCUT2D eigenvalue weighted by atomic mass is 32.2. The fourth-order valence-electron chi connectivity index (χ4n) is 1.62. The molecular weight excluding hydrogens is 297 g/mol. The lowest BCUT2D eigenvalue weighted by Crippen LogP contribution is -2.14. The van der Waals surface area contributed by atoms with Gasteiger partial charge in [0.2, 0.25) is 0 Å². The van der Waals surface area contributed by atoms with Crippen molar-refractivity contribution in [2.24, 2.45) is 0 Å². The minimum atomic E-state index is -3.91. The first-order chi connectivity index (χ1) is 9.88. The summed E-state index contributed by atoms with van der Waals surface area (Å²) in [6.07, 6.45) is 0. The van der Waals surface area contributed by atoms with Crippen molar-refractivity contribution in [3.63, 3.8) is 0 Å². The molecule has 0 unspecified atom stereocenters. The second-order valence-corrected chi connectivity index (χ2v) is 5.84. The number of hydrogen-bond donors (Lipinski definition) is 1. The van der Waals surface area contributed by atoms with Gasteiger partial charge in [0.25, 0.3) is 10.0 Å². The highest BCUT2D eigenvalue weighted by molar-refractivity contribution is 7.92. The number of sulfonamides is 1. The third kappa shape index (κ3) is 3.79. The normalized spacial score (nSPS) is 11.0. The Morgan fingerprint density at radius 2 is 1.81 bits per heavy atom. The first-order valence-electron chi connectivity index (χ1n) is 5.94. The van der Waals surface area contributed by atoms with Crippen molar-refractivity contribution in [1.82, 2.24) is 0 Å². The summed E-state index contributed by atoms with van der Waals surface area (Å²) in [6.45, 7) is 1.19. The van der Waals surface area contributed by atoms with Crippen molar-refractivity contribution in [1.29, 1.82) is 0 Å². The molecule has 2 rings (SSSR count). The number of rotatable bonds is 4. The van der Waals surface area contributed by atoms with E-state index < -0.39 is 21.8 Å². The van der Waals surface area contributed by atoms with Crippen LogP contribution in [-0.4, -0.2) is 14.4 Å². The van der Waals surface area contributed by atoms with Gasteiger partial charge in [-0.3, -0.25) is 9.52 Å². The first-order valence-corrected chi connectivity index (χ1v) is 7.42. The van der Waals surface area contributed by atoms with E-state index in [1.54, 1.807) is 18.2 Å². The van der Waals surface area contributed by atoms with Crippen molar-refractivity contribution >= 4 is 21.7 Å². The van der Waals surface area contributed by atoms with E-state index in [2.05, 4.69) is 4.72 Å². The fraction of sp³-hybridized carbons (Fsp3) is 0.0714. The Morgan fingerprint density at radius 1 is 1.14 bits per heavy atom. The van der Waals surface area contributed by atoms with Gasteiger partial charge in [-0.25, -0.2) is 12.8 Å². The number of hydrogen-bond acceptors (Lipinski definition) is 4. The minimum absolute atomic E-state index is 0.00212. The number of carbonyl (C=O) groups excluding carboxylic acids is 1. The van der Waals surface area contributed by atoms with Crippen LogP contribution in [0.4, 0.5) is 10.1 Å². The monoisotopic (exact) mass is 309 g/mol. The van der Waals surface area contributed by atoms with Gasteiger partial charge in [0.15, 0.2) is 0 Å². The zero-order chi connectivity index (χ0) is 15.5. The van der Waals surface area contributed by atoms with Crippen molar-refractivity contribution in [3.05, 3.63) is 54.3 Å². The summed E-state index contributed by atoms with van der Waals surface area (Å²) in [5.41, 5.74) is -0.294. The third-order valence-corrected chi connectivity index (χ3v) is 3.88. The second kappa shape index (κ2) is 5.92. The molecule has 7 heteroatoms. The highest BCUT2D eigenvalue weighted by Gasteiger charge is 2.16. The molecule has 0 saturated carbocycles. The van der Waals surface area contributed by atoms with Crippen LogP contribution in [0, 0.1) is 5.82 Å².